The molecule has 0 saturated heterocycles. The Morgan fingerprint density at radius 2 is 1.36 bits per heavy atom. The molecule has 0 spiro atoms. The summed E-state index contributed by atoms with van der Waals surface area (Å²) >= 11 is 12.1. The van der Waals surface area contributed by atoms with Crippen LogP contribution in [0.4, 0.5) is 4.39 Å². The van der Waals surface area contributed by atoms with Gasteiger partial charge in [-0.15, -0.1) is 0 Å². The molecule has 0 fully saturated rings. The first kappa shape index (κ1) is 39.2. The summed E-state index contributed by atoms with van der Waals surface area (Å²) in [4.78, 5) is 22.5. The zero-order valence-corrected chi connectivity index (χ0v) is 27.4. The Morgan fingerprint density at radius 1 is 0.872 bits per heavy atom. The Kier molecular flexibility index (Phi) is 22.0. The number of amides is 1. The van der Waals surface area contributed by atoms with Crippen molar-refractivity contribution in [3.8, 4) is 0 Å². The Hall–Kier alpha value is -1.91. The third-order valence-corrected chi connectivity index (χ3v) is 6.83. The van der Waals surface area contributed by atoms with E-state index in [4.69, 9.17) is 23.2 Å². The zero-order valence-electron chi connectivity index (χ0n) is 25.9. The van der Waals surface area contributed by atoms with Crippen molar-refractivity contribution in [2.24, 2.45) is 5.92 Å². The van der Waals surface area contributed by atoms with Crippen LogP contribution in [0, 0.1) is 11.7 Å². The lowest BCUT2D eigenvalue weighted by molar-refractivity contribution is -0.127. The molecule has 0 aliphatic rings. The van der Waals surface area contributed by atoms with E-state index in [-0.39, 0.29) is 23.5 Å². The molecule has 2 rings (SSSR count). The summed E-state index contributed by atoms with van der Waals surface area (Å²) in [7, 11) is 0. The van der Waals surface area contributed by atoms with E-state index in [9.17, 15) is 14.0 Å². The van der Waals surface area contributed by atoms with Gasteiger partial charge in [-0.1, -0.05) is 115 Å². The van der Waals surface area contributed by atoms with Crippen LogP contribution < -0.4 is 5.32 Å². The minimum Gasteiger partial charge on any atom is -0.349 e. The molecule has 0 aromatic heterocycles. The lowest BCUT2D eigenvalue weighted by Crippen LogP contribution is -2.43. The van der Waals surface area contributed by atoms with Crippen molar-refractivity contribution in [1.29, 1.82) is 0 Å². The summed E-state index contributed by atoms with van der Waals surface area (Å²) in [6.45, 7) is 19.7. The predicted molar refractivity (Wildman–Crippen MR) is 168 cm³/mol. The lowest BCUT2D eigenvalue weighted by Gasteiger charge is -2.30. The summed E-state index contributed by atoms with van der Waals surface area (Å²) in [5.41, 5.74) is 0.951. The second kappa shape index (κ2) is 21.9. The van der Waals surface area contributed by atoms with Gasteiger partial charge in [-0.2, -0.15) is 0 Å². The van der Waals surface area contributed by atoms with Gasteiger partial charge in [0.2, 0.25) is 5.91 Å². The lowest BCUT2D eigenvalue weighted by atomic mass is 9.77. The zero-order chi connectivity index (χ0) is 30.6. The van der Waals surface area contributed by atoms with Gasteiger partial charge in [0.15, 0.2) is 0 Å². The van der Waals surface area contributed by atoms with E-state index in [0.29, 0.717) is 16.5 Å². The predicted octanol–water partition coefficient (Wildman–Crippen LogP) is 10.9. The number of rotatable bonds is 10. The van der Waals surface area contributed by atoms with Crippen LogP contribution in [0.25, 0.3) is 0 Å². The van der Waals surface area contributed by atoms with E-state index in [0.717, 1.165) is 23.5 Å². The van der Waals surface area contributed by atoms with E-state index in [1.165, 1.54) is 51.7 Å². The van der Waals surface area contributed by atoms with Crippen LogP contribution in [0.1, 0.15) is 125 Å². The van der Waals surface area contributed by atoms with Gasteiger partial charge in [-0.3, -0.25) is 4.79 Å². The SMILES string of the molecule is CC.CC(C)=O.CCCC(C)(C(=O)N[C@H](C)c1ccc(F)cc1)c1ccc(Cl)c(Cl)c1.CCCC(C)CCC. The van der Waals surface area contributed by atoms with E-state index in [1.807, 2.05) is 40.7 Å². The number of nitrogens with one attached hydrogen (secondary N) is 1. The van der Waals surface area contributed by atoms with Crippen LogP contribution in [-0.2, 0) is 15.0 Å². The quantitative estimate of drug-likeness (QED) is 0.302. The van der Waals surface area contributed by atoms with Gasteiger partial charge < -0.3 is 10.1 Å². The van der Waals surface area contributed by atoms with Gasteiger partial charge in [-0.05, 0) is 75.4 Å². The number of ketones is 1. The second-order valence-corrected chi connectivity index (χ2v) is 10.9. The molecule has 2 atom stereocenters. The fraction of sp³-hybridized carbons (Fsp3) is 0.576. The maximum atomic E-state index is 13.1. The van der Waals surface area contributed by atoms with Crippen molar-refractivity contribution in [1.82, 2.24) is 5.32 Å². The van der Waals surface area contributed by atoms with Crippen molar-refractivity contribution in [2.45, 2.75) is 119 Å². The molecular formula is C33H52Cl2FNO2. The molecule has 1 unspecified atom stereocenters. The Morgan fingerprint density at radius 3 is 1.77 bits per heavy atom. The number of benzene rings is 2. The van der Waals surface area contributed by atoms with Gasteiger partial charge in [0.25, 0.3) is 0 Å². The third kappa shape index (κ3) is 16.1. The molecule has 0 radical (unpaired) electrons. The van der Waals surface area contributed by atoms with Gasteiger partial charge in [-0.25, -0.2) is 4.39 Å². The maximum Gasteiger partial charge on any atom is 0.230 e. The van der Waals surface area contributed by atoms with Crippen molar-refractivity contribution < 1.29 is 14.0 Å². The van der Waals surface area contributed by atoms with Gasteiger partial charge in [0, 0.05) is 0 Å². The van der Waals surface area contributed by atoms with E-state index in [2.05, 4.69) is 26.1 Å². The van der Waals surface area contributed by atoms with E-state index in [1.54, 1.807) is 24.3 Å². The van der Waals surface area contributed by atoms with Gasteiger partial charge in [0.05, 0.1) is 21.5 Å². The number of carbonyl (C=O) groups is 2. The highest BCUT2D eigenvalue weighted by Gasteiger charge is 2.35. The molecule has 0 aliphatic carbocycles. The smallest absolute Gasteiger partial charge is 0.230 e. The minimum absolute atomic E-state index is 0.0930. The third-order valence-electron chi connectivity index (χ3n) is 6.09. The van der Waals surface area contributed by atoms with E-state index >= 15 is 0 Å². The number of hydrogen-bond donors (Lipinski definition) is 1. The summed E-state index contributed by atoms with van der Waals surface area (Å²) in [5.74, 6) is 0.739. The highest BCUT2D eigenvalue weighted by atomic mass is 35.5. The normalized spacial score (nSPS) is 12.4. The molecule has 2 aromatic carbocycles. The van der Waals surface area contributed by atoms with Crippen LogP contribution >= 0.6 is 23.2 Å². The molecule has 222 valence electrons. The van der Waals surface area contributed by atoms with Crippen LogP contribution in [0.2, 0.25) is 10.0 Å². The monoisotopic (exact) mass is 583 g/mol. The Balaban J connectivity index is 0. The van der Waals surface area contributed by atoms with Crippen molar-refractivity contribution in [2.75, 3.05) is 0 Å². The summed E-state index contributed by atoms with van der Waals surface area (Å²) in [6.07, 6.45) is 7.03. The second-order valence-electron chi connectivity index (χ2n) is 10.0. The summed E-state index contributed by atoms with van der Waals surface area (Å²) < 4.78 is 13.1. The molecule has 0 heterocycles. The first-order valence-electron chi connectivity index (χ1n) is 14.3. The van der Waals surface area contributed by atoms with Crippen molar-refractivity contribution in [3.63, 3.8) is 0 Å². The average molecular weight is 585 g/mol. The van der Waals surface area contributed by atoms with Crippen LogP contribution in [-0.4, -0.2) is 11.7 Å². The van der Waals surface area contributed by atoms with Gasteiger partial charge in [0.1, 0.15) is 11.6 Å². The molecule has 39 heavy (non-hydrogen) atoms. The highest BCUT2D eigenvalue weighted by molar-refractivity contribution is 6.42. The molecule has 1 amide bonds. The van der Waals surface area contributed by atoms with Gasteiger partial charge >= 0.3 is 0 Å². The molecule has 1 N–H and O–H groups in total. The van der Waals surface area contributed by atoms with Crippen molar-refractivity contribution >= 4 is 34.9 Å². The molecule has 3 nitrogen and oxygen atoms in total. The standard InChI is InChI=1S/C20H22Cl2FNO.C8H18.C3H6O.C2H6/c1-4-11-20(3,15-7-10-17(21)18(22)12-15)19(25)24-13(2)14-5-8-16(23)9-6-14;1-4-6-8(3)7-5-2;1-3(2)4;1-2/h5-10,12-13H,4,11H2,1-3H3,(H,24,25);8H,4-7H2,1-3H3;1-2H3;1-2H3/t13-,20?;;;/m1.../s1. The Labute approximate surface area is 248 Å². The first-order valence-corrected chi connectivity index (χ1v) is 15.1. The minimum atomic E-state index is -0.725. The average Bonchev–Trinajstić information content (AvgIpc) is 2.87. The first-order chi connectivity index (χ1) is 18.3. The fourth-order valence-electron chi connectivity index (χ4n) is 4.05. The molecular weight excluding hydrogens is 532 g/mol. The molecule has 0 saturated carbocycles. The topological polar surface area (TPSA) is 46.2 Å². The van der Waals surface area contributed by atoms with Crippen LogP contribution in [0.5, 0.6) is 0 Å². The van der Waals surface area contributed by atoms with Crippen LogP contribution in [0.3, 0.4) is 0 Å². The van der Waals surface area contributed by atoms with Crippen molar-refractivity contribution in [3.05, 3.63) is 69.5 Å². The van der Waals surface area contributed by atoms with E-state index < -0.39 is 5.41 Å². The highest BCUT2D eigenvalue weighted by Crippen LogP contribution is 2.34. The number of carbonyl (C=O) groups excluding carboxylic acids is 2. The summed E-state index contributed by atoms with van der Waals surface area (Å²) in [6, 6.07) is 11.2. The summed E-state index contributed by atoms with van der Waals surface area (Å²) in [5, 5.41) is 3.93. The largest absolute Gasteiger partial charge is 0.349 e. The molecule has 6 heteroatoms. The van der Waals surface area contributed by atoms with Crippen LogP contribution in [0.15, 0.2) is 42.5 Å². The maximum absolute atomic E-state index is 13.1. The number of Topliss-reactive ketones (excluding diaryl/α,β-unsaturated/α-hetero) is 1. The molecule has 2 aromatic rings. The molecule has 0 bridgehead atoms. The fourth-order valence-corrected chi connectivity index (χ4v) is 4.35. The number of hydrogen-bond acceptors (Lipinski definition) is 2. The molecule has 0 aliphatic heterocycles. The Bertz CT molecular complexity index is 939. The number of halogens is 3.